The molecule has 0 aliphatic carbocycles. The largest absolute Gasteiger partial charge is 0.493 e. The Morgan fingerprint density at radius 2 is 1.95 bits per heavy atom. The molecule has 0 saturated heterocycles. The second-order valence-corrected chi connectivity index (χ2v) is 5.08. The third-order valence-corrected chi connectivity index (χ3v) is 3.37. The van der Waals surface area contributed by atoms with Crippen molar-refractivity contribution in [1.29, 1.82) is 0 Å². The van der Waals surface area contributed by atoms with Gasteiger partial charge in [-0.3, -0.25) is 4.79 Å². The van der Waals surface area contributed by atoms with Crippen molar-refractivity contribution >= 4 is 6.29 Å². The molecule has 0 aromatic heterocycles. The van der Waals surface area contributed by atoms with Crippen LogP contribution < -0.4 is 9.47 Å². The van der Waals surface area contributed by atoms with Gasteiger partial charge >= 0.3 is 0 Å². The van der Waals surface area contributed by atoms with E-state index in [1.165, 1.54) is 25.7 Å². The van der Waals surface area contributed by atoms with E-state index in [2.05, 4.69) is 13.5 Å². The van der Waals surface area contributed by atoms with Crippen molar-refractivity contribution in [2.24, 2.45) is 0 Å². The van der Waals surface area contributed by atoms with Crippen LogP contribution in [0.3, 0.4) is 0 Å². The van der Waals surface area contributed by atoms with E-state index in [0.717, 1.165) is 24.0 Å². The van der Waals surface area contributed by atoms with E-state index in [0.29, 0.717) is 24.3 Å². The average Bonchev–Trinajstić information content (AvgIpc) is 2.51. The van der Waals surface area contributed by atoms with E-state index >= 15 is 0 Å². The highest BCUT2D eigenvalue weighted by Gasteiger charge is 2.12. The van der Waals surface area contributed by atoms with Gasteiger partial charge in [-0.2, -0.15) is 0 Å². The van der Waals surface area contributed by atoms with Crippen molar-refractivity contribution in [3.8, 4) is 11.5 Å². The lowest BCUT2D eigenvalue weighted by molar-refractivity contribution is 0.112. The van der Waals surface area contributed by atoms with Crippen molar-refractivity contribution in [3.63, 3.8) is 0 Å². The normalized spacial score (nSPS) is 10.2. The number of carbonyl (C=O) groups excluding carboxylic acids is 1. The number of unbranched alkanes of at least 4 members (excludes halogenated alkanes) is 4. The molecular formula is C18H26O3. The molecule has 21 heavy (non-hydrogen) atoms. The molecule has 0 amide bonds. The summed E-state index contributed by atoms with van der Waals surface area (Å²) in [6, 6.07) is 3.55. The van der Waals surface area contributed by atoms with Crippen LogP contribution in [0.2, 0.25) is 0 Å². The molecule has 3 heteroatoms. The minimum atomic E-state index is 0.596. The average molecular weight is 290 g/mol. The molecule has 3 nitrogen and oxygen atoms in total. The summed E-state index contributed by atoms with van der Waals surface area (Å²) < 4.78 is 11.3. The Labute approximate surface area is 128 Å². The molecule has 0 fully saturated rings. The number of hydrogen-bond donors (Lipinski definition) is 0. The topological polar surface area (TPSA) is 35.5 Å². The van der Waals surface area contributed by atoms with Gasteiger partial charge in [0.1, 0.15) is 6.29 Å². The van der Waals surface area contributed by atoms with Gasteiger partial charge in [0.15, 0.2) is 11.5 Å². The zero-order valence-electron chi connectivity index (χ0n) is 13.2. The number of aldehydes is 1. The van der Waals surface area contributed by atoms with Crippen LogP contribution in [0, 0.1) is 0 Å². The summed E-state index contributed by atoms with van der Waals surface area (Å²) in [6.45, 7) is 6.63. The molecule has 0 unspecified atom stereocenters. The van der Waals surface area contributed by atoms with Crippen LogP contribution in [0.4, 0.5) is 0 Å². The molecule has 0 heterocycles. The monoisotopic (exact) mass is 290 g/mol. The summed E-state index contributed by atoms with van der Waals surface area (Å²) in [4.78, 5) is 11.0. The molecule has 0 N–H and O–H groups in total. The fraction of sp³-hybridized carbons (Fsp3) is 0.500. The fourth-order valence-corrected chi connectivity index (χ4v) is 2.25. The van der Waals surface area contributed by atoms with Crippen LogP contribution >= 0.6 is 0 Å². The van der Waals surface area contributed by atoms with Crippen molar-refractivity contribution in [3.05, 3.63) is 35.9 Å². The lowest BCUT2D eigenvalue weighted by Gasteiger charge is -2.15. The highest BCUT2D eigenvalue weighted by Crippen LogP contribution is 2.33. The first-order chi connectivity index (χ1) is 10.3. The first-order valence-corrected chi connectivity index (χ1v) is 7.66. The highest BCUT2D eigenvalue weighted by molar-refractivity contribution is 5.77. The van der Waals surface area contributed by atoms with E-state index in [1.54, 1.807) is 19.3 Å². The summed E-state index contributed by atoms with van der Waals surface area (Å²) >= 11 is 0. The van der Waals surface area contributed by atoms with Gasteiger partial charge in [-0.15, -0.1) is 6.58 Å². The molecule has 0 aliphatic heterocycles. The number of benzene rings is 1. The van der Waals surface area contributed by atoms with Gasteiger partial charge in [0.05, 0.1) is 13.7 Å². The smallest absolute Gasteiger partial charge is 0.164 e. The molecule has 0 bridgehead atoms. The molecule has 1 rings (SSSR count). The predicted molar refractivity (Wildman–Crippen MR) is 86.5 cm³/mol. The van der Waals surface area contributed by atoms with E-state index in [4.69, 9.17) is 9.47 Å². The van der Waals surface area contributed by atoms with Crippen LogP contribution in [0.15, 0.2) is 24.8 Å². The van der Waals surface area contributed by atoms with Gasteiger partial charge in [-0.05, 0) is 25.0 Å². The highest BCUT2D eigenvalue weighted by atomic mass is 16.5. The molecule has 0 aliphatic rings. The van der Waals surface area contributed by atoms with Crippen LogP contribution in [-0.2, 0) is 6.42 Å². The van der Waals surface area contributed by atoms with Crippen LogP contribution in [0.25, 0.3) is 0 Å². The molecule has 116 valence electrons. The Bertz CT molecular complexity index is 452. The molecule has 1 aromatic carbocycles. The molecular weight excluding hydrogens is 264 g/mol. The maximum Gasteiger partial charge on any atom is 0.164 e. The molecule has 0 saturated carbocycles. The Hall–Kier alpha value is -1.77. The Balaban J connectivity index is 2.73. The molecule has 0 atom stereocenters. The molecule has 1 aromatic rings. The minimum absolute atomic E-state index is 0.596. The van der Waals surface area contributed by atoms with E-state index in [1.807, 2.05) is 6.07 Å². The van der Waals surface area contributed by atoms with Crippen LogP contribution in [0.5, 0.6) is 11.5 Å². The van der Waals surface area contributed by atoms with Gasteiger partial charge in [-0.25, -0.2) is 0 Å². The zero-order valence-corrected chi connectivity index (χ0v) is 13.2. The van der Waals surface area contributed by atoms with E-state index in [9.17, 15) is 4.79 Å². The Morgan fingerprint density at radius 3 is 2.57 bits per heavy atom. The van der Waals surface area contributed by atoms with Gasteiger partial charge in [0.2, 0.25) is 0 Å². The lowest BCUT2D eigenvalue weighted by Crippen LogP contribution is -2.03. The van der Waals surface area contributed by atoms with Crippen molar-refractivity contribution in [1.82, 2.24) is 0 Å². The first-order valence-electron chi connectivity index (χ1n) is 7.66. The summed E-state index contributed by atoms with van der Waals surface area (Å²) in [6.07, 6.45) is 9.26. The molecule has 0 radical (unpaired) electrons. The standard InChI is InChI=1S/C18H26O3/c1-4-6-7-8-9-11-21-18-16(10-5-2)12-15(14-19)13-17(18)20-3/h5,12-14H,2,4,6-11H2,1,3H3. The second kappa shape index (κ2) is 10.0. The maximum absolute atomic E-state index is 11.0. The number of ether oxygens (including phenoxy) is 2. The SMILES string of the molecule is C=CCc1cc(C=O)cc(OC)c1OCCCCCCC. The van der Waals surface area contributed by atoms with Crippen LogP contribution in [-0.4, -0.2) is 20.0 Å². The number of carbonyl (C=O) groups is 1. The van der Waals surface area contributed by atoms with Gasteiger partial charge in [-0.1, -0.05) is 38.7 Å². The number of methoxy groups -OCH3 is 1. The van der Waals surface area contributed by atoms with Crippen molar-refractivity contribution in [2.45, 2.75) is 45.4 Å². The van der Waals surface area contributed by atoms with Crippen LogP contribution in [0.1, 0.15) is 54.9 Å². The van der Waals surface area contributed by atoms with E-state index < -0.39 is 0 Å². The number of allylic oxidation sites excluding steroid dienone is 1. The van der Waals surface area contributed by atoms with Crippen molar-refractivity contribution < 1.29 is 14.3 Å². The zero-order chi connectivity index (χ0) is 15.5. The summed E-state index contributed by atoms with van der Waals surface area (Å²) in [5.74, 6) is 1.35. The van der Waals surface area contributed by atoms with Gasteiger partial charge < -0.3 is 9.47 Å². The first kappa shape index (κ1) is 17.3. The summed E-state index contributed by atoms with van der Waals surface area (Å²) in [7, 11) is 1.59. The third kappa shape index (κ3) is 5.62. The summed E-state index contributed by atoms with van der Waals surface area (Å²) in [5.41, 5.74) is 1.54. The summed E-state index contributed by atoms with van der Waals surface area (Å²) in [5, 5.41) is 0. The van der Waals surface area contributed by atoms with Gasteiger partial charge in [0.25, 0.3) is 0 Å². The third-order valence-electron chi connectivity index (χ3n) is 3.37. The minimum Gasteiger partial charge on any atom is -0.493 e. The Kier molecular flexibility index (Phi) is 8.25. The quantitative estimate of drug-likeness (QED) is 0.340. The number of hydrogen-bond acceptors (Lipinski definition) is 3. The second-order valence-electron chi connectivity index (χ2n) is 5.08. The Morgan fingerprint density at radius 1 is 1.19 bits per heavy atom. The van der Waals surface area contributed by atoms with E-state index in [-0.39, 0.29) is 0 Å². The predicted octanol–water partition coefficient (Wildman–Crippen LogP) is 4.59. The molecule has 0 spiro atoms. The van der Waals surface area contributed by atoms with Gasteiger partial charge in [0, 0.05) is 11.1 Å². The fourth-order valence-electron chi connectivity index (χ4n) is 2.25. The lowest BCUT2D eigenvalue weighted by atomic mass is 10.1. The number of rotatable bonds is 11. The maximum atomic E-state index is 11.0. The van der Waals surface area contributed by atoms with Crippen molar-refractivity contribution in [2.75, 3.05) is 13.7 Å².